The average Bonchev–Trinajstić information content (AvgIpc) is 2.98. The second-order valence-corrected chi connectivity index (χ2v) is 20.7. The minimum atomic E-state index is 0. The van der Waals surface area contributed by atoms with Crippen LogP contribution in [-0.4, -0.2) is 106 Å². The van der Waals surface area contributed by atoms with Gasteiger partial charge in [-0.05, 0) is 54.7 Å². The molecule has 0 N–H and O–H groups in total. The van der Waals surface area contributed by atoms with Gasteiger partial charge in [0.15, 0.2) is 0 Å². The van der Waals surface area contributed by atoms with E-state index in [0.29, 0.717) is 21.7 Å². The average molecular weight is 851 g/mol. The van der Waals surface area contributed by atoms with Gasteiger partial charge in [0.1, 0.15) is 0 Å². The quantitative estimate of drug-likeness (QED) is 0.190. The largest absolute Gasteiger partial charge is 1.00 e. The summed E-state index contributed by atoms with van der Waals surface area (Å²) >= 11 is 0. The van der Waals surface area contributed by atoms with Crippen LogP contribution in [0.25, 0.3) is 0 Å². The predicted octanol–water partition coefficient (Wildman–Crippen LogP) is 7.06. The first kappa shape index (κ1) is 55.6. The minimum Gasteiger partial charge on any atom is -0.377 e. The second-order valence-electron chi connectivity index (χ2n) is 15.7. The molecular weight excluding hydrogens is 782 g/mol. The van der Waals surface area contributed by atoms with Crippen LogP contribution in [0.3, 0.4) is 0 Å². The summed E-state index contributed by atoms with van der Waals surface area (Å²) < 4.78 is 39.6. The van der Waals surface area contributed by atoms with Crippen LogP contribution in [0.15, 0.2) is 0 Å². The molecule has 0 atom stereocenters. The van der Waals surface area contributed by atoms with Crippen LogP contribution in [0.5, 0.6) is 0 Å². The molecule has 6 rings (SSSR count). The maximum absolute atomic E-state index is 4.94. The van der Waals surface area contributed by atoms with Gasteiger partial charge in [-0.2, -0.15) is 0 Å². The van der Waals surface area contributed by atoms with Crippen LogP contribution < -0.4 is 51.4 Å². The smallest absolute Gasteiger partial charge is 0.377 e. The summed E-state index contributed by atoms with van der Waals surface area (Å²) in [4.78, 5) is 0. The molecule has 0 bridgehead atoms. The molecule has 8 nitrogen and oxygen atoms in total. The van der Waals surface area contributed by atoms with Crippen LogP contribution in [0.4, 0.5) is 0 Å². The number of hydrogen-bond donors (Lipinski definition) is 0. The van der Waals surface area contributed by atoms with Gasteiger partial charge in [0, 0.05) is 39.4 Å². The Labute approximate surface area is 368 Å². The summed E-state index contributed by atoms with van der Waals surface area (Å²) in [5.41, 5.74) is 8.19. The number of hydrogen-bond acceptors (Lipinski definition) is 8. The molecule has 50 heavy (non-hydrogen) atoms. The molecule has 289 valence electrons. The molecule has 14 heteroatoms. The third kappa shape index (κ3) is 27.2. The fraction of sp³-hybridized carbons (Fsp3) is 0.889. The van der Waals surface area contributed by atoms with E-state index in [1.165, 1.54) is 33.1 Å². The fourth-order valence-electron chi connectivity index (χ4n) is 4.08. The van der Waals surface area contributed by atoms with Gasteiger partial charge >= 0.3 is 51.4 Å². The van der Waals surface area contributed by atoms with E-state index in [-0.39, 0.29) is 68.2 Å². The van der Waals surface area contributed by atoms with Gasteiger partial charge in [-0.25, -0.2) is 0 Å². The van der Waals surface area contributed by atoms with Crippen LogP contribution in [-0.2, 0) is 54.7 Å². The third-order valence-corrected chi connectivity index (χ3v) is 14.7. The Balaban J connectivity index is 0. The summed E-state index contributed by atoms with van der Waals surface area (Å²) in [6.45, 7) is 40.2. The Morgan fingerprint density at radius 1 is 0.280 bits per heavy atom. The zero-order valence-corrected chi connectivity index (χ0v) is 41.4. The molecule has 0 unspecified atom stereocenters. The van der Waals surface area contributed by atoms with E-state index in [2.05, 4.69) is 83.1 Å². The van der Waals surface area contributed by atoms with Crippen molar-refractivity contribution in [2.24, 2.45) is 21.7 Å². The molecule has 6 heterocycles. The Hall–Kier alpha value is 3.54. The molecule has 6 aliphatic rings. The molecule has 0 aliphatic carbocycles. The molecule has 0 aromatic heterocycles. The normalized spacial score (nSPS) is 24.2. The van der Waals surface area contributed by atoms with Crippen molar-refractivity contribution in [3.05, 3.63) is 22.6 Å². The second kappa shape index (κ2) is 30.6. The monoisotopic (exact) mass is 850 g/mol. The molecule has 9 radical (unpaired) electrons. The van der Waals surface area contributed by atoms with E-state index >= 15 is 0 Å². The van der Waals surface area contributed by atoms with E-state index in [0.717, 1.165) is 106 Å². The Kier molecular flexibility index (Phi) is 34.0. The van der Waals surface area contributed by atoms with E-state index in [1.807, 2.05) is 0 Å². The van der Waals surface area contributed by atoms with Crippen LogP contribution in [0.2, 0.25) is 0 Å². The molecular formula is C36H68CoKO8P4+. The van der Waals surface area contributed by atoms with Gasteiger partial charge in [-0.3, -0.25) is 0 Å². The maximum atomic E-state index is 4.94. The predicted molar refractivity (Wildman–Crippen MR) is 205 cm³/mol. The topological polar surface area (TPSA) is 73.8 Å². The molecule has 0 amide bonds. The molecule has 0 saturated carbocycles. The van der Waals surface area contributed by atoms with Gasteiger partial charge < -0.3 is 37.9 Å². The van der Waals surface area contributed by atoms with Gasteiger partial charge in [0.2, 0.25) is 0 Å². The Bertz CT molecular complexity index is 604. The first-order chi connectivity index (χ1) is 22.5. The van der Waals surface area contributed by atoms with Crippen molar-refractivity contribution < 1.29 is 106 Å². The van der Waals surface area contributed by atoms with Gasteiger partial charge in [0.25, 0.3) is 0 Å². The number of ether oxygens (including phenoxy) is 8. The standard InChI is InChI=1S/2C10H18P2.4C4H8O2.Co.K/c2*1-9(2,3)7-8(12-11-7)10(4,5)6;4*1-2-6-4-3-5-1;;/h2*1-6H3;4*1-4H2;;/q;;;;;;;+1. The molecule has 0 aromatic rings. The molecule has 0 aromatic carbocycles. The van der Waals surface area contributed by atoms with Crippen molar-refractivity contribution in [2.45, 2.75) is 83.1 Å². The zero-order chi connectivity index (χ0) is 36.1. The molecule has 6 saturated heterocycles. The van der Waals surface area contributed by atoms with Crippen molar-refractivity contribution in [2.75, 3.05) is 106 Å². The van der Waals surface area contributed by atoms with Crippen molar-refractivity contribution in [3.8, 4) is 0 Å². The molecule has 6 aliphatic heterocycles. The first-order valence-electron chi connectivity index (χ1n) is 17.4. The van der Waals surface area contributed by atoms with Crippen LogP contribution >= 0.6 is 33.1 Å². The Morgan fingerprint density at radius 2 is 0.380 bits per heavy atom. The zero-order valence-electron chi connectivity index (χ0n) is 33.7. The Morgan fingerprint density at radius 3 is 0.420 bits per heavy atom. The van der Waals surface area contributed by atoms with E-state index < -0.39 is 0 Å². The van der Waals surface area contributed by atoms with Crippen molar-refractivity contribution >= 4 is 33.1 Å². The van der Waals surface area contributed by atoms with Crippen molar-refractivity contribution in [1.29, 1.82) is 0 Å². The summed E-state index contributed by atoms with van der Waals surface area (Å²) in [7, 11) is 6.14. The van der Waals surface area contributed by atoms with Crippen molar-refractivity contribution in [3.63, 3.8) is 0 Å². The van der Waals surface area contributed by atoms with Crippen LogP contribution in [0, 0.1) is 44.3 Å². The van der Waals surface area contributed by atoms with Crippen molar-refractivity contribution in [1.82, 2.24) is 0 Å². The molecule has 0 spiro atoms. The van der Waals surface area contributed by atoms with E-state index in [4.69, 9.17) is 37.9 Å². The number of rotatable bonds is 0. The van der Waals surface area contributed by atoms with Gasteiger partial charge in [-0.1, -0.05) is 83.1 Å². The van der Waals surface area contributed by atoms with E-state index in [9.17, 15) is 0 Å². The summed E-state index contributed by atoms with van der Waals surface area (Å²) in [5, 5.41) is 0. The van der Waals surface area contributed by atoms with Crippen LogP contribution in [0.1, 0.15) is 83.1 Å². The van der Waals surface area contributed by atoms with Gasteiger partial charge in [-0.15, -0.1) is 0 Å². The minimum absolute atomic E-state index is 0. The SMILES string of the molecule is C1COCCO1.C1COCCO1.C1COCCO1.C1COCCO1.CC(C)(C)[C]1[P][P][C]1C(C)(C)C.CC(C)(C)[C]1[P][P][C]1C(C)(C)C.[Co].[K+]. The summed E-state index contributed by atoms with van der Waals surface area (Å²) in [6, 6.07) is 0. The summed E-state index contributed by atoms with van der Waals surface area (Å²) in [6.07, 6.45) is 0. The first-order valence-corrected chi connectivity index (χ1v) is 22.4. The van der Waals surface area contributed by atoms with E-state index in [1.54, 1.807) is 22.6 Å². The molecule has 6 fully saturated rings. The summed E-state index contributed by atoms with van der Waals surface area (Å²) in [5.74, 6) is 0. The fourth-order valence-corrected chi connectivity index (χ4v) is 12.6. The van der Waals surface area contributed by atoms with Gasteiger partial charge in [0.05, 0.1) is 106 Å². The third-order valence-electron chi connectivity index (χ3n) is 6.77. The maximum Gasteiger partial charge on any atom is 1.00 e.